The maximum atomic E-state index is 12.6. The van der Waals surface area contributed by atoms with E-state index in [2.05, 4.69) is 26.9 Å². The SMILES string of the molecule is Cc1noc(C)c1S(=O)(=O)NC1CCN(Cc2ccccc2)CC1.Cl. The van der Waals surface area contributed by atoms with E-state index in [1.807, 2.05) is 18.2 Å². The molecule has 0 amide bonds. The van der Waals surface area contributed by atoms with Crippen LogP contribution in [0.5, 0.6) is 0 Å². The second-order valence-electron chi connectivity index (χ2n) is 6.31. The van der Waals surface area contributed by atoms with Crippen molar-refractivity contribution in [3.63, 3.8) is 0 Å². The predicted octanol–water partition coefficient (Wildman–Crippen LogP) is 2.66. The highest BCUT2D eigenvalue weighted by Gasteiger charge is 2.29. The summed E-state index contributed by atoms with van der Waals surface area (Å²) < 4.78 is 32.9. The van der Waals surface area contributed by atoms with E-state index in [9.17, 15) is 8.42 Å². The van der Waals surface area contributed by atoms with Crippen molar-refractivity contribution in [3.8, 4) is 0 Å². The molecule has 0 aliphatic carbocycles. The normalized spacial score (nSPS) is 16.6. The molecule has 1 N–H and O–H groups in total. The first-order chi connectivity index (χ1) is 11.5. The molecule has 0 bridgehead atoms. The summed E-state index contributed by atoms with van der Waals surface area (Å²) in [4.78, 5) is 2.53. The van der Waals surface area contributed by atoms with Gasteiger partial charge in [-0.1, -0.05) is 35.5 Å². The van der Waals surface area contributed by atoms with Gasteiger partial charge in [0.15, 0.2) is 5.76 Å². The van der Waals surface area contributed by atoms with Crippen LogP contribution in [0.4, 0.5) is 0 Å². The van der Waals surface area contributed by atoms with Gasteiger partial charge >= 0.3 is 0 Å². The van der Waals surface area contributed by atoms with Gasteiger partial charge in [0.1, 0.15) is 10.6 Å². The molecule has 1 saturated heterocycles. The largest absolute Gasteiger partial charge is 0.360 e. The minimum Gasteiger partial charge on any atom is -0.360 e. The van der Waals surface area contributed by atoms with Crippen LogP contribution in [-0.2, 0) is 16.6 Å². The molecule has 1 fully saturated rings. The Labute approximate surface area is 155 Å². The minimum absolute atomic E-state index is 0. The lowest BCUT2D eigenvalue weighted by Crippen LogP contribution is -2.44. The van der Waals surface area contributed by atoms with Crippen LogP contribution in [0.1, 0.15) is 29.9 Å². The van der Waals surface area contributed by atoms with Gasteiger partial charge in [0.2, 0.25) is 10.0 Å². The Kier molecular flexibility index (Phi) is 6.62. The molecule has 2 aromatic rings. The summed E-state index contributed by atoms with van der Waals surface area (Å²) in [6, 6.07) is 10.3. The van der Waals surface area contributed by atoms with E-state index in [1.165, 1.54) is 5.56 Å². The van der Waals surface area contributed by atoms with Gasteiger partial charge < -0.3 is 4.52 Å². The lowest BCUT2D eigenvalue weighted by atomic mass is 10.1. The Balaban J connectivity index is 0.00000225. The molecule has 6 nitrogen and oxygen atoms in total. The van der Waals surface area contributed by atoms with Crippen molar-refractivity contribution in [3.05, 3.63) is 47.3 Å². The third-order valence-electron chi connectivity index (χ3n) is 4.40. The van der Waals surface area contributed by atoms with Gasteiger partial charge in [0, 0.05) is 25.7 Å². The molecule has 0 radical (unpaired) electrons. The summed E-state index contributed by atoms with van der Waals surface area (Å²) in [5.74, 6) is 0.335. The van der Waals surface area contributed by atoms with Gasteiger partial charge in [-0.15, -0.1) is 12.4 Å². The number of hydrogen-bond donors (Lipinski definition) is 1. The zero-order valence-corrected chi connectivity index (χ0v) is 16.1. The number of halogens is 1. The molecule has 0 atom stereocenters. The first kappa shape index (κ1) is 19.9. The smallest absolute Gasteiger partial charge is 0.246 e. The molecule has 138 valence electrons. The Morgan fingerprint density at radius 1 is 1.20 bits per heavy atom. The van der Waals surface area contributed by atoms with E-state index in [0.717, 1.165) is 32.5 Å². The van der Waals surface area contributed by atoms with E-state index in [4.69, 9.17) is 4.52 Å². The number of likely N-dealkylation sites (tertiary alicyclic amines) is 1. The maximum absolute atomic E-state index is 12.6. The van der Waals surface area contributed by atoms with Crippen LogP contribution in [0.15, 0.2) is 39.8 Å². The monoisotopic (exact) mass is 385 g/mol. The summed E-state index contributed by atoms with van der Waals surface area (Å²) in [6.45, 7) is 5.93. The average molecular weight is 386 g/mol. The quantitative estimate of drug-likeness (QED) is 0.856. The number of rotatable bonds is 5. The van der Waals surface area contributed by atoms with E-state index < -0.39 is 10.0 Å². The summed E-state index contributed by atoms with van der Waals surface area (Å²) in [5.41, 5.74) is 1.69. The number of piperidine rings is 1. The lowest BCUT2D eigenvalue weighted by Gasteiger charge is -2.32. The summed E-state index contributed by atoms with van der Waals surface area (Å²) in [6.07, 6.45) is 1.60. The first-order valence-corrected chi connectivity index (χ1v) is 9.65. The summed E-state index contributed by atoms with van der Waals surface area (Å²) >= 11 is 0. The molecular formula is C17H24ClN3O3S. The van der Waals surface area contributed by atoms with Crippen molar-refractivity contribution in [1.82, 2.24) is 14.8 Å². The first-order valence-electron chi connectivity index (χ1n) is 8.17. The van der Waals surface area contributed by atoms with Crippen molar-refractivity contribution in [2.24, 2.45) is 0 Å². The van der Waals surface area contributed by atoms with E-state index in [0.29, 0.717) is 11.5 Å². The Hall–Kier alpha value is -1.41. The van der Waals surface area contributed by atoms with Crippen LogP contribution in [-0.4, -0.2) is 37.6 Å². The number of nitrogens with one attached hydrogen (secondary N) is 1. The van der Waals surface area contributed by atoms with Crippen molar-refractivity contribution in [1.29, 1.82) is 0 Å². The molecule has 0 unspecified atom stereocenters. The number of sulfonamides is 1. The zero-order valence-electron chi connectivity index (χ0n) is 14.4. The number of aryl methyl sites for hydroxylation is 2. The Morgan fingerprint density at radius 3 is 2.40 bits per heavy atom. The topological polar surface area (TPSA) is 75.4 Å². The third-order valence-corrected chi connectivity index (χ3v) is 6.16. The number of hydrogen-bond acceptors (Lipinski definition) is 5. The van der Waals surface area contributed by atoms with Gasteiger partial charge in [-0.05, 0) is 32.3 Å². The van der Waals surface area contributed by atoms with E-state index >= 15 is 0 Å². The number of benzene rings is 1. The fourth-order valence-corrected chi connectivity index (χ4v) is 4.82. The van der Waals surface area contributed by atoms with E-state index in [-0.39, 0.29) is 23.3 Å². The third kappa shape index (κ3) is 4.82. The highest BCUT2D eigenvalue weighted by molar-refractivity contribution is 7.89. The molecule has 1 aliphatic heterocycles. The van der Waals surface area contributed by atoms with Gasteiger partial charge in [0.05, 0.1) is 0 Å². The van der Waals surface area contributed by atoms with Gasteiger partial charge in [-0.3, -0.25) is 4.90 Å². The lowest BCUT2D eigenvalue weighted by molar-refractivity contribution is 0.200. The van der Waals surface area contributed by atoms with Gasteiger partial charge in [-0.25, -0.2) is 13.1 Å². The molecular weight excluding hydrogens is 362 g/mol. The van der Waals surface area contributed by atoms with Gasteiger partial charge in [-0.2, -0.15) is 0 Å². The fraction of sp³-hybridized carbons (Fsp3) is 0.471. The van der Waals surface area contributed by atoms with Crippen molar-refractivity contribution < 1.29 is 12.9 Å². The Bertz CT molecular complexity index is 765. The van der Waals surface area contributed by atoms with Crippen LogP contribution in [0.2, 0.25) is 0 Å². The minimum atomic E-state index is -3.58. The van der Waals surface area contributed by atoms with Crippen molar-refractivity contribution >= 4 is 22.4 Å². The van der Waals surface area contributed by atoms with Crippen molar-refractivity contribution in [2.75, 3.05) is 13.1 Å². The molecule has 25 heavy (non-hydrogen) atoms. The van der Waals surface area contributed by atoms with Crippen LogP contribution >= 0.6 is 12.4 Å². The van der Waals surface area contributed by atoms with E-state index in [1.54, 1.807) is 13.8 Å². The van der Waals surface area contributed by atoms with Crippen LogP contribution in [0, 0.1) is 13.8 Å². The summed E-state index contributed by atoms with van der Waals surface area (Å²) in [7, 11) is -3.58. The number of aromatic nitrogens is 1. The maximum Gasteiger partial charge on any atom is 0.246 e. The average Bonchev–Trinajstić information content (AvgIpc) is 2.90. The molecule has 0 saturated carbocycles. The molecule has 0 spiro atoms. The molecule has 2 heterocycles. The second-order valence-corrected chi connectivity index (χ2v) is 7.96. The standard InChI is InChI=1S/C17H23N3O3S.ClH/c1-13-17(14(2)23-18-13)24(21,22)19-16-8-10-20(11-9-16)12-15-6-4-3-5-7-15;/h3-7,16,19H,8-12H2,1-2H3;1H. The molecule has 1 aromatic carbocycles. The molecule has 8 heteroatoms. The highest BCUT2D eigenvalue weighted by Crippen LogP contribution is 2.21. The zero-order chi connectivity index (χ0) is 17.2. The molecule has 3 rings (SSSR count). The van der Waals surface area contributed by atoms with Crippen LogP contribution < -0.4 is 4.72 Å². The molecule has 1 aromatic heterocycles. The number of nitrogens with zero attached hydrogens (tertiary/aromatic N) is 2. The second kappa shape index (κ2) is 8.31. The predicted molar refractivity (Wildman–Crippen MR) is 98.3 cm³/mol. The Morgan fingerprint density at radius 2 is 1.84 bits per heavy atom. The van der Waals surface area contributed by atoms with Gasteiger partial charge in [0.25, 0.3) is 0 Å². The molecule has 1 aliphatic rings. The van der Waals surface area contributed by atoms with Crippen molar-refractivity contribution in [2.45, 2.75) is 44.2 Å². The fourth-order valence-electron chi connectivity index (χ4n) is 3.19. The van der Waals surface area contributed by atoms with Crippen LogP contribution in [0.25, 0.3) is 0 Å². The highest BCUT2D eigenvalue weighted by atomic mass is 35.5. The van der Waals surface area contributed by atoms with Crippen LogP contribution in [0.3, 0.4) is 0 Å². The summed E-state index contributed by atoms with van der Waals surface area (Å²) in [5, 5.41) is 3.73.